The normalized spacial score (nSPS) is 17.5. The molecule has 0 bridgehead atoms. The average molecular weight is 255 g/mol. The lowest BCUT2D eigenvalue weighted by atomic mass is 10.1. The molecule has 2 aromatic rings. The Morgan fingerprint density at radius 1 is 1.05 bits per heavy atom. The third kappa shape index (κ3) is 2.87. The molecule has 0 aliphatic carbocycles. The van der Waals surface area contributed by atoms with Crippen molar-refractivity contribution in [2.45, 2.75) is 32.2 Å². The Hall–Kier alpha value is -1.61. The van der Waals surface area contributed by atoms with E-state index in [9.17, 15) is 0 Å². The summed E-state index contributed by atoms with van der Waals surface area (Å²) < 4.78 is 0. The van der Waals surface area contributed by atoms with Crippen molar-refractivity contribution in [2.75, 3.05) is 18.8 Å². The molecule has 1 fully saturated rings. The summed E-state index contributed by atoms with van der Waals surface area (Å²) in [5, 5.41) is 1.06. The van der Waals surface area contributed by atoms with E-state index in [1.54, 1.807) is 0 Å². The molecule has 0 spiro atoms. The van der Waals surface area contributed by atoms with Crippen molar-refractivity contribution in [1.82, 2.24) is 9.88 Å². The number of aromatic nitrogens is 1. The zero-order valence-corrected chi connectivity index (χ0v) is 11.3. The molecule has 1 aliphatic rings. The van der Waals surface area contributed by atoms with Gasteiger partial charge in [0.25, 0.3) is 0 Å². The highest BCUT2D eigenvalue weighted by Crippen LogP contribution is 2.21. The number of pyridine rings is 1. The van der Waals surface area contributed by atoms with Crippen LogP contribution in [0.15, 0.2) is 30.3 Å². The second-order valence-corrected chi connectivity index (χ2v) is 5.41. The van der Waals surface area contributed by atoms with Gasteiger partial charge in [-0.25, -0.2) is 0 Å². The third-order valence-corrected chi connectivity index (χ3v) is 3.89. The number of likely N-dealkylation sites (tertiary alicyclic amines) is 1. The van der Waals surface area contributed by atoms with Crippen LogP contribution in [0.2, 0.25) is 0 Å². The molecule has 19 heavy (non-hydrogen) atoms. The molecule has 3 heteroatoms. The Labute approximate surface area is 114 Å². The highest BCUT2D eigenvalue weighted by atomic mass is 15.1. The number of hydrogen-bond acceptors (Lipinski definition) is 3. The summed E-state index contributed by atoms with van der Waals surface area (Å²) >= 11 is 0. The van der Waals surface area contributed by atoms with E-state index in [1.807, 2.05) is 30.3 Å². The largest absolute Gasteiger partial charge is 0.398 e. The lowest BCUT2D eigenvalue weighted by molar-refractivity contribution is 0.274. The number of rotatable bonds is 2. The molecule has 2 heterocycles. The van der Waals surface area contributed by atoms with Crippen LogP contribution in [0.5, 0.6) is 0 Å². The van der Waals surface area contributed by atoms with Crippen molar-refractivity contribution in [1.29, 1.82) is 0 Å². The zero-order valence-electron chi connectivity index (χ0n) is 11.3. The fourth-order valence-electron chi connectivity index (χ4n) is 2.86. The molecule has 1 saturated heterocycles. The molecule has 1 aliphatic heterocycles. The highest BCUT2D eigenvalue weighted by molar-refractivity contribution is 5.90. The van der Waals surface area contributed by atoms with E-state index in [-0.39, 0.29) is 0 Å². The van der Waals surface area contributed by atoms with Crippen LogP contribution in [0.25, 0.3) is 10.9 Å². The van der Waals surface area contributed by atoms with Crippen molar-refractivity contribution in [3.63, 3.8) is 0 Å². The molecule has 1 aromatic heterocycles. The molecule has 0 saturated carbocycles. The van der Waals surface area contributed by atoms with Crippen LogP contribution in [0, 0.1) is 0 Å². The average Bonchev–Trinajstić information content (AvgIpc) is 2.67. The number of fused-ring (bicyclic) bond motifs is 1. The molecule has 0 amide bonds. The van der Waals surface area contributed by atoms with Crippen molar-refractivity contribution in [3.8, 4) is 0 Å². The number of para-hydroxylation sites is 1. The Bertz CT molecular complexity index is 557. The number of hydrogen-bond donors (Lipinski definition) is 1. The Kier molecular flexibility index (Phi) is 3.65. The smallest absolute Gasteiger partial charge is 0.0726 e. The van der Waals surface area contributed by atoms with Gasteiger partial charge >= 0.3 is 0 Å². The first-order valence-electron chi connectivity index (χ1n) is 7.19. The molecule has 0 unspecified atom stereocenters. The molecule has 1 aromatic carbocycles. The van der Waals surface area contributed by atoms with Gasteiger partial charge in [0, 0.05) is 17.6 Å². The molecule has 2 N–H and O–H groups in total. The summed E-state index contributed by atoms with van der Waals surface area (Å²) in [5.41, 5.74) is 9.08. The first kappa shape index (κ1) is 12.4. The Morgan fingerprint density at radius 2 is 1.79 bits per heavy atom. The van der Waals surface area contributed by atoms with E-state index in [0.29, 0.717) is 0 Å². The quantitative estimate of drug-likeness (QED) is 0.896. The highest BCUT2D eigenvalue weighted by Gasteiger charge is 2.11. The molecular weight excluding hydrogens is 234 g/mol. The third-order valence-electron chi connectivity index (χ3n) is 3.89. The lowest BCUT2D eigenvalue weighted by Crippen LogP contribution is -2.24. The standard InChI is InChI=1S/C16H21N3/c17-15-11-13(12-19-9-5-1-2-6-10-19)18-16-8-4-3-7-14(15)16/h3-4,7-8,11H,1-2,5-6,9-10,12H2,(H2,17,18). The van der Waals surface area contributed by atoms with Crippen LogP contribution < -0.4 is 5.73 Å². The fourth-order valence-corrected chi connectivity index (χ4v) is 2.86. The van der Waals surface area contributed by atoms with Gasteiger partial charge in [-0.3, -0.25) is 9.88 Å². The van der Waals surface area contributed by atoms with Gasteiger partial charge in [0.1, 0.15) is 0 Å². The molecule has 3 rings (SSSR count). The summed E-state index contributed by atoms with van der Waals surface area (Å²) in [6.45, 7) is 3.30. The van der Waals surface area contributed by atoms with Gasteiger partial charge in [0.2, 0.25) is 0 Å². The summed E-state index contributed by atoms with van der Waals surface area (Å²) in [6.07, 6.45) is 5.35. The monoisotopic (exact) mass is 255 g/mol. The van der Waals surface area contributed by atoms with E-state index < -0.39 is 0 Å². The van der Waals surface area contributed by atoms with E-state index in [1.165, 1.54) is 38.8 Å². The second kappa shape index (κ2) is 5.57. The van der Waals surface area contributed by atoms with E-state index in [0.717, 1.165) is 28.8 Å². The van der Waals surface area contributed by atoms with Gasteiger partial charge in [0.05, 0.1) is 11.2 Å². The van der Waals surface area contributed by atoms with Crippen molar-refractivity contribution in [3.05, 3.63) is 36.0 Å². The Morgan fingerprint density at radius 3 is 2.58 bits per heavy atom. The first-order valence-corrected chi connectivity index (χ1v) is 7.19. The minimum Gasteiger partial charge on any atom is -0.398 e. The van der Waals surface area contributed by atoms with Crippen LogP contribution in [-0.4, -0.2) is 23.0 Å². The van der Waals surface area contributed by atoms with Gasteiger partial charge in [-0.05, 0) is 38.1 Å². The van der Waals surface area contributed by atoms with Crippen LogP contribution in [-0.2, 0) is 6.54 Å². The van der Waals surface area contributed by atoms with E-state index >= 15 is 0 Å². The number of benzene rings is 1. The molecular formula is C16H21N3. The summed E-state index contributed by atoms with van der Waals surface area (Å²) in [7, 11) is 0. The van der Waals surface area contributed by atoms with E-state index in [4.69, 9.17) is 10.7 Å². The first-order chi connectivity index (χ1) is 9.33. The molecule has 0 atom stereocenters. The van der Waals surface area contributed by atoms with Gasteiger partial charge in [-0.1, -0.05) is 31.0 Å². The maximum atomic E-state index is 6.13. The van der Waals surface area contributed by atoms with Gasteiger partial charge in [-0.15, -0.1) is 0 Å². The van der Waals surface area contributed by atoms with Crippen LogP contribution >= 0.6 is 0 Å². The van der Waals surface area contributed by atoms with Crippen LogP contribution in [0.4, 0.5) is 5.69 Å². The number of nitrogens with zero attached hydrogens (tertiary/aromatic N) is 2. The molecule has 0 radical (unpaired) electrons. The minimum atomic E-state index is 0.843. The minimum absolute atomic E-state index is 0.843. The lowest BCUT2D eigenvalue weighted by Gasteiger charge is -2.19. The maximum absolute atomic E-state index is 6.13. The number of anilines is 1. The van der Waals surface area contributed by atoms with Crippen molar-refractivity contribution in [2.24, 2.45) is 0 Å². The molecule has 3 nitrogen and oxygen atoms in total. The number of nitrogens with two attached hydrogens (primary N) is 1. The van der Waals surface area contributed by atoms with Crippen LogP contribution in [0.1, 0.15) is 31.4 Å². The van der Waals surface area contributed by atoms with Gasteiger partial charge in [-0.2, -0.15) is 0 Å². The van der Waals surface area contributed by atoms with Gasteiger partial charge < -0.3 is 5.73 Å². The SMILES string of the molecule is Nc1cc(CN2CCCCCC2)nc2ccccc12. The summed E-state index contributed by atoms with van der Waals surface area (Å²) in [5.74, 6) is 0. The fraction of sp³-hybridized carbons (Fsp3) is 0.438. The maximum Gasteiger partial charge on any atom is 0.0726 e. The van der Waals surface area contributed by atoms with Gasteiger partial charge in [0.15, 0.2) is 0 Å². The van der Waals surface area contributed by atoms with Crippen LogP contribution in [0.3, 0.4) is 0 Å². The van der Waals surface area contributed by atoms with Crippen molar-refractivity contribution >= 4 is 16.6 Å². The van der Waals surface area contributed by atoms with Crippen molar-refractivity contribution < 1.29 is 0 Å². The Balaban J connectivity index is 1.84. The number of nitrogen functional groups attached to an aromatic ring is 1. The topological polar surface area (TPSA) is 42.1 Å². The predicted molar refractivity (Wildman–Crippen MR) is 79.9 cm³/mol. The molecule has 100 valence electrons. The summed E-state index contributed by atoms with van der Waals surface area (Å²) in [6, 6.07) is 10.1. The zero-order chi connectivity index (χ0) is 13.1. The predicted octanol–water partition coefficient (Wildman–Crippen LogP) is 3.19. The summed E-state index contributed by atoms with van der Waals surface area (Å²) in [4.78, 5) is 7.24. The van der Waals surface area contributed by atoms with E-state index in [2.05, 4.69) is 4.90 Å². The second-order valence-electron chi connectivity index (χ2n) is 5.41.